The highest BCUT2D eigenvalue weighted by atomic mass is 35.5. The summed E-state index contributed by atoms with van der Waals surface area (Å²) in [4.78, 5) is 28.4. The molecule has 0 aromatic heterocycles. The SMILES string of the molecule is CC[C@@H](C(=O)NC1CCCCC1)N(Cc1c(Cl)cccc1Cl)C(=O)Cc1c(Cl)cccc1Cl. The van der Waals surface area contributed by atoms with E-state index in [1.54, 1.807) is 41.3 Å². The van der Waals surface area contributed by atoms with Crippen molar-refractivity contribution in [2.45, 2.75) is 70.5 Å². The van der Waals surface area contributed by atoms with Crippen LogP contribution in [0, 0.1) is 0 Å². The number of carbonyl (C=O) groups excluding carboxylic acids is 2. The molecule has 178 valence electrons. The number of benzene rings is 2. The van der Waals surface area contributed by atoms with Crippen molar-refractivity contribution in [2.24, 2.45) is 0 Å². The summed E-state index contributed by atoms with van der Waals surface area (Å²) in [6.07, 6.45) is 5.73. The number of hydrogen-bond donors (Lipinski definition) is 1. The predicted octanol–water partition coefficient (Wildman–Crippen LogP) is 7.10. The van der Waals surface area contributed by atoms with E-state index in [-0.39, 0.29) is 30.8 Å². The molecule has 2 aromatic rings. The monoisotopic (exact) mass is 528 g/mol. The predicted molar refractivity (Wildman–Crippen MR) is 136 cm³/mol. The lowest BCUT2D eigenvalue weighted by molar-refractivity contribution is -0.141. The molecule has 0 saturated heterocycles. The second kappa shape index (κ2) is 12.3. The molecule has 33 heavy (non-hydrogen) atoms. The number of carbonyl (C=O) groups is 2. The fourth-order valence-electron chi connectivity index (χ4n) is 4.27. The van der Waals surface area contributed by atoms with E-state index in [1.807, 2.05) is 6.92 Å². The Morgan fingerprint density at radius 3 is 1.94 bits per heavy atom. The van der Waals surface area contributed by atoms with Gasteiger partial charge in [0, 0.05) is 38.2 Å². The summed E-state index contributed by atoms with van der Waals surface area (Å²) in [5.41, 5.74) is 1.13. The van der Waals surface area contributed by atoms with Gasteiger partial charge >= 0.3 is 0 Å². The molecule has 8 heteroatoms. The van der Waals surface area contributed by atoms with Crippen LogP contribution in [0.3, 0.4) is 0 Å². The fourth-order valence-corrected chi connectivity index (χ4v) is 5.32. The van der Waals surface area contributed by atoms with E-state index >= 15 is 0 Å². The number of nitrogens with one attached hydrogen (secondary N) is 1. The normalized spacial score (nSPS) is 15.2. The van der Waals surface area contributed by atoms with Crippen LogP contribution in [-0.4, -0.2) is 28.8 Å². The highest BCUT2D eigenvalue weighted by Gasteiger charge is 2.31. The second-order valence-corrected chi connectivity index (χ2v) is 10.00. The summed E-state index contributed by atoms with van der Waals surface area (Å²) < 4.78 is 0. The van der Waals surface area contributed by atoms with Gasteiger partial charge in [0.25, 0.3) is 0 Å². The average Bonchev–Trinajstić information content (AvgIpc) is 2.78. The Morgan fingerprint density at radius 2 is 1.42 bits per heavy atom. The number of hydrogen-bond acceptors (Lipinski definition) is 2. The molecule has 1 saturated carbocycles. The van der Waals surface area contributed by atoms with E-state index in [1.165, 1.54) is 6.42 Å². The Labute approximate surface area is 215 Å². The topological polar surface area (TPSA) is 49.4 Å². The van der Waals surface area contributed by atoms with Crippen molar-refractivity contribution in [3.8, 4) is 0 Å². The summed E-state index contributed by atoms with van der Waals surface area (Å²) in [5.74, 6) is -0.433. The molecule has 1 fully saturated rings. The van der Waals surface area contributed by atoms with Crippen LogP contribution in [0.2, 0.25) is 20.1 Å². The Balaban J connectivity index is 1.90. The molecule has 2 aromatic carbocycles. The van der Waals surface area contributed by atoms with Gasteiger partial charge < -0.3 is 10.2 Å². The molecule has 0 unspecified atom stereocenters. The van der Waals surface area contributed by atoms with Crippen molar-refractivity contribution in [1.29, 1.82) is 0 Å². The maximum atomic E-state index is 13.6. The van der Waals surface area contributed by atoms with E-state index in [2.05, 4.69) is 5.32 Å². The first-order valence-electron chi connectivity index (χ1n) is 11.3. The van der Waals surface area contributed by atoms with Gasteiger partial charge in [0.2, 0.25) is 11.8 Å². The van der Waals surface area contributed by atoms with Crippen LogP contribution in [-0.2, 0) is 22.6 Å². The molecular weight excluding hydrogens is 502 g/mol. The van der Waals surface area contributed by atoms with Crippen LogP contribution in [0.5, 0.6) is 0 Å². The Morgan fingerprint density at radius 1 is 0.909 bits per heavy atom. The number of rotatable bonds is 8. The molecule has 1 aliphatic carbocycles. The molecule has 1 N–H and O–H groups in total. The maximum Gasteiger partial charge on any atom is 0.243 e. The van der Waals surface area contributed by atoms with Gasteiger partial charge in [-0.25, -0.2) is 0 Å². The fraction of sp³-hybridized carbons (Fsp3) is 0.440. The quantitative estimate of drug-likeness (QED) is 0.396. The molecule has 1 atom stereocenters. The second-order valence-electron chi connectivity index (χ2n) is 8.37. The largest absolute Gasteiger partial charge is 0.352 e. The first kappa shape index (κ1) is 26.2. The van der Waals surface area contributed by atoms with Crippen molar-refractivity contribution >= 4 is 58.2 Å². The van der Waals surface area contributed by atoms with E-state index in [9.17, 15) is 9.59 Å². The zero-order valence-electron chi connectivity index (χ0n) is 18.6. The molecule has 2 amide bonds. The Hall–Kier alpha value is -1.46. The Bertz CT molecular complexity index is 952. The van der Waals surface area contributed by atoms with E-state index in [0.29, 0.717) is 37.6 Å². The summed E-state index contributed by atoms with van der Waals surface area (Å²) in [5, 5.41) is 4.86. The van der Waals surface area contributed by atoms with E-state index in [4.69, 9.17) is 46.4 Å². The number of amides is 2. The molecule has 1 aliphatic rings. The molecule has 0 aliphatic heterocycles. The first-order chi connectivity index (χ1) is 15.8. The van der Waals surface area contributed by atoms with Crippen LogP contribution >= 0.6 is 46.4 Å². The summed E-state index contributed by atoms with van der Waals surface area (Å²) in [7, 11) is 0. The lowest BCUT2D eigenvalue weighted by Crippen LogP contribution is -2.52. The third-order valence-corrected chi connectivity index (χ3v) is 7.53. The molecule has 0 spiro atoms. The Kier molecular flexibility index (Phi) is 9.75. The molecule has 3 rings (SSSR count). The first-order valence-corrected chi connectivity index (χ1v) is 12.8. The molecular formula is C25H28Cl4N2O2. The maximum absolute atomic E-state index is 13.6. The summed E-state index contributed by atoms with van der Waals surface area (Å²) in [6.45, 7) is 2.00. The van der Waals surface area contributed by atoms with Crippen molar-refractivity contribution in [1.82, 2.24) is 10.2 Å². The van der Waals surface area contributed by atoms with Gasteiger partial charge in [-0.1, -0.05) is 84.7 Å². The highest BCUT2D eigenvalue weighted by Crippen LogP contribution is 2.29. The zero-order chi connectivity index (χ0) is 24.0. The van der Waals surface area contributed by atoms with Gasteiger partial charge in [0.15, 0.2) is 0 Å². The van der Waals surface area contributed by atoms with Crippen molar-refractivity contribution in [3.63, 3.8) is 0 Å². The van der Waals surface area contributed by atoms with Gasteiger partial charge in [-0.05, 0) is 49.1 Å². The molecule has 0 heterocycles. The van der Waals surface area contributed by atoms with Gasteiger partial charge in [0.1, 0.15) is 6.04 Å². The van der Waals surface area contributed by atoms with Crippen molar-refractivity contribution in [2.75, 3.05) is 0 Å². The third kappa shape index (κ3) is 6.79. The van der Waals surface area contributed by atoms with Gasteiger partial charge in [-0.15, -0.1) is 0 Å². The van der Waals surface area contributed by atoms with Crippen LogP contribution in [0.4, 0.5) is 0 Å². The minimum Gasteiger partial charge on any atom is -0.352 e. The minimum atomic E-state index is -0.673. The molecule has 0 bridgehead atoms. The minimum absolute atomic E-state index is 0.0339. The standard InChI is InChI=1S/C25H28Cl4N2O2/c1-2-23(25(33)30-16-8-4-3-5-9-16)31(15-18-21(28)12-7-13-22(18)29)24(32)14-17-19(26)10-6-11-20(17)27/h6-7,10-13,16,23H,2-5,8-9,14-15H2,1H3,(H,30,33)/t23-/m0/s1. The average molecular weight is 530 g/mol. The lowest BCUT2D eigenvalue weighted by Gasteiger charge is -2.33. The van der Waals surface area contributed by atoms with E-state index in [0.717, 1.165) is 25.7 Å². The summed E-state index contributed by atoms with van der Waals surface area (Å²) >= 11 is 25.4. The van der Waals surface area contributed by atoms with Crippen LogP contribution in [0.15, 0.2) is 36.4 Å². The molecule has 4 nitrogen and oxygen atoms in total. The van der Waals surface area contributed by atoms with Crippen LogP contribution < -0.4 is 5.32 Å². The number of nitrogens with zero attached hydrogens (tertiary/aromatic N) is 1. The zero-order valence-corrected chi connectivity index (χ0v) is 21.6. The van der Waals surface area contributed by atoms with Crippen molar-refractivity contribution in [3.05, 3.63) is 67.6 Å². The number of halogens is 4. The third-order valence-electron chi connectivity index (χ3n) is 6.12. The van der Waals surface area contributed by atoms with Gasteiger partial charge in [-0.3, -0.25) is 9.59 Å². The van der Waals surface area contributed by atoms with Crippen LogP contribution in [0.1, 0.15) is 56.6 Å². The van der Waals surface area contributed by atoms with Crippen LogP contribution in [0.25, 0.3) is 0 Å². The smallest absolute Gasteiger partial charge is 0.243 e. The lowest BCUT2D eigenvalue weighted by atomic mass is 9.95. The molecule has 0 radical (unpaired) electrons. The highest BCUT2D eigenvalue weighted by molar-refractivity contribution is 6.36. The van der Waals surface area contributed by atoms with Crippen molar-refractivity contribution < 1.29 is 9.59 Å². The van der Waals surface area contributed by atoms with Gasteiger partial charge in [0.05, 0.1) is 6.42 Å². The van der Waals surface area contributed by atoms with E-state index < -0.39 is 6.04 Å². The van der Waals surface area contributed by atoms with Gasteiger partial charge in [-0.2, -0.15) is 0 Å². The summed E-state index contributed by atoms with van der Waals surface area (Å²) in [6, 6.07) is 9.77.